The largest absolute Gasteiger partial charge is 0.381 e. The average Bonchev–Trinajstić information content (AvgIpc) is 3.31. The van der Waals surface area contributed by atoms with Crippen LogP contribution in [0.15, 0.2) is 30.5 Å². The van der Waals surface area contributed by atoms with Crippen molar-refractivity contribution in [2.24, 2.45) is 0 Å². The predicted molar refractivity (Wildman–Crippen MR) is 115 cm³/mol. The lowest BCUT2D eigenvalue weighted by molar-refractivity contribution is -0.129. The monoisotopic (exact) mass is 435 g/mol. The molecule has 2 aliphatic heterocycles. The van der Waals surface area contributed by atoms with E-state index in [1.807, 2.05) is 18.2 Å². The molecule has 0 saturated carbocycles. The Balaban J connectivity index is 1.57. The second kappa shape index (κ2) is 8.93. The van der Waals surface area contributed by atoms with Crippen molar-refractivity contribution in [3.8, 4) is 12.1 Å². The minimum atomic E-state index is -0.647. The second-order valence-electron chi connectivity index (χ2n) is 7.59. The maximum Gasteiger partial charge on any atom is 0.252 e. The van der Waals surface area contributed by atoms with Crippen LogP contribution in [0.4, 0.5) is 0 Å². The van der Waals surface area contributed by atoms with Crippen LogP contribution in [0.25, 0.3) is 10.9 Å². The molecule has 0 radical (unpaired) electrons. The van der Waals surface area contributed by atoms with E-state index in [9.17, 15) is 14.9 Å². The van der Waals surface area contributed by atoms with Crippen molar-refractivity contribution in [3.63, 3.8) is 0 Å². The fraction of sp³-hybridized carbons (Fsp3) is 0.409. The first-order valence-electron chi connectivity index (χ1n) is 10.0. The standard InChI is InChI=1S/C22H21N5O3S/c23-10-16-12-31-14-27(16)20(28)11-26-21(29)17-3-6-25-19-2-1-15(9-18(17)19)22(13-24)4-7-30-8-5-22/h1-3,6,9,16H,4-5,7-8,11-12,14H2,(H,26,29)/t16-/m1/s1. The van der Waals surface area contributed by atoms with E-state index in [1.165, 1.54) is 16.7 Å². The summed E-state index contributed by atoms with van der Waals surface area (Å²) in [6, 6.07) is 11.3. The molecule has 2 aromatic rings. The summed E-state index contributed by atoms with van der Waals surface area (Å²) in [7, 11) is 0. The van der Waals surface area contributed by atoms with Gasteiger partial charge in [-0.15, -0.1) is 11.8 Å². The van der Waals surface area contributed by atoms with Gasteiger partial charge in [0.15, 0.2) is 0 Å². The highest BCUT2D eigenvalue weighted by molar-refractivity contribution is 7.99. The Morgan fingerprint density at radius 3 is 2.84 bits per heavy atom. The Bertz CT molecular complexity index is 1100. The van der Waals surface area contributed by atoms with E-state index in [-0.39, 0.29) is 12.5 Å². The Labute approximate surface area is 184 Å². The van der Waals surface area contributed by atoms with Crippen molar-refractivity contribution in [3.05, 3.63) is 41.6 Å². The van der Waals surface area contributed by atoms with E-state index in [2.05, 4.69) is 22.4 Å². The number of amides is 2. The molecule has 8 nitrogen and oxygen atoms in total. The molecule has 158 valence electrons. The number of benzene rings is 1. The molecule has 2 fully saturated rings. The van der Waals surface area contributed by atoms with Crippen molar-refractivity contribution in [2.45, 2.75) is 24.3 Å². The number of hydrogen-bond donors (Lipinski definition) is 1. The summed E-state index contributed by atoms with van der Waals surface area (Å²) in [6.07, 6.45) is 2.74. The zero-order valence-corrected chi connectivity index (χ0v) is 17.7. The first-order valence-corrected chi connectivity index (χ1v) is 11.2. The number of carbonyl (C=O) groups excluding carboxylic acids is 2. The third-order valence-electron chi connectivity index (χ3n) is 5.85. The Morgan fingerprint density at radius 1 is 1.29 bits per heavy atom. The van der Waals surface area contributed by atoms with E-state index in [0.29, 0.717) is 54.2 Å². The number of hydrogen-bond acceptors (Lipinski definition) is 7. The lowest BCUT2D eigenvalue weighted by Gasteiger charge is -2.31. The summed E-state index contributed by atoms with van der Waals surface area (Å²) < 4.78 is 5.42. The molecule has 31 heavy (non-hydrogen) atoms. The lowest BCUT2D eigenvalue weighted by Crippen LogP contribution is -2.42. The first-order chi connectivity index (χ1) is 15.1. The average molecular weight is 436 g/mol. The molecule has 3 heterocycles. The smallest absolute Gasteiger partial charge is 0.252 e. The van der Waals surface area contributed by atoms with E-state index in [0.717, 1.165) is 5.56 Å². The summed E-state index contributed by atoms with van der Waals surface area (Å²) in [5, 5.41) is 22.3. The number of pyridine rings is 1. The highest BCUT2D eigenvalue weighted by Gasteiger charge is 2.35. The summed E-state index contributed by atoms with van der Waals surface area (Å²) >= 11 is 1.52. The van der Waals surface area contributed by atoms with Gasteiger partial charge in [-0.25, -0.2) is 0 Å². The molecule has 9 heteroatoms. The number of fused-ring (bicyclic) bond motifs is 1. The van der Waals surface area contributed by atoms with Gasteiger partial charge in [-0.05, 0) is 36.6 Å². The van der Waals surface area contributed by atoms with Gasteiger partial charge in [-0.3, -0.25) is 14.6 Å². The Kier molecular flexibility index (Phi) is 6.08. The van der Waals surface area contributed by atoms with E-state index >= 15 is 0 Å². The second-order valence-corrected chi connectivity index (χ2v) is 8.59. The number of nitriles is 2. The van der Waals surface area contributed by atoms with Crippen LogP contribution in [0.1, 0.15) is 28.8 Å². The topological polar surface area (TPSA) is 119 Å². The molecule has 2 amide bonds. The molecule has 2 aliphatic rings. The van der Waals surface area contributed by atoms with Crippen molar-refractivity contribution in [1.82, 2.24) is 15.2 Å². The summed E-state index contributed by atoms with van der Waals surface area (Å²) in [5.41, 5.74) is 1.23. The summed E-state index contributed by atoms with van der Waals surface area (Å²) in [4.78, 5) is 31.2. The van der Waals surface area contributed by atoms with Crippen LogP contribution in [0.3, 0.4) is 0 Å². The van der Waals surface area contributed by atoms with Crippen LogP contribution < -0.4 is 5.32 Å². The molecule has 4 rings (SSSR count). The minimum Gasteiger partial charge on any atom is -0.381 e. The maximum absolute atomic E-state index is 12.9. The zero-order valence-electron chi connectivity index (χ0n) is 16.8. The van der Waals surface area contributed by atoms with E-state index in [1.54, 1.807) is 12.3 Å². The third kappa shape index (κ3) is 4.07. The molecule has 1 atom stereocenters. The summed E-state index contributed by atoms with van der Waals surface area (Å²) in [6.45, 7) is 0.861. The minimum absolute atomic E-state index is 0.180. The fourth-order valence-electron chi connectivity index (χ4n) is 3.97. The van der Waals surface area contributed by atoms with Crippen LogP contribution in [0.5, 0.6) is 0 Å². The van der Waals surface area contributed by atoms with Gasteiger partial charge < -0.3 is 15.0 Å². The molecule has 0 bridgehead atoms. The molecule has 1 aromatic carbocycles. The van der Waals surface area contributed by atoms with Crippen LogP contribution >= 0.6 is 11.8 Å². The highest BCUT2D eigenvalue weighted by atomic mass is 32.2. The number of rotatable bonds is 4. The molecular weight excluding hydrogens is 414 g/mol. The van der Waals surface area contributed by atoms with Gasteiger partial charge in [0.05, 0.1) is 41.1 Å². The van der Waals surface area contributed by atoms with Gasteiger partial charge in [0.25, 0.3) is 5.91 Å². The van der Waals surface area contributed by atoms with Gasteiger partial charge in [0.2, 0.25) is 5.91 Å². The number of thioether (sulfide) groups is 1. The van der Waals surface area contributed by atoms with E-state index in [4.69, 9.17) is 10.00 Å². The van der Waals surface area contributed by atoms with Gasteiger partial charge >= 0.3 is 0 Å². The number of nitrogens with one attached hydrogen (secondary N) is 1. The highest BCUT2D eigenvalue weighted by Crippen LogP contribution is 2.36. The quantitative estimate of drug-likeness (QED) is 0.780. The number of carbonyl (C=O) groups is 2. The van der Waals surface area contributed by atoms with Gasteiger partial charge in [0, 0.05) is 30.5 Å². The van der Waals surface area contributed by atoms with Crippen LogP contribution in [-0.2, 0) is 14.9 Å². The van der Waals surface area contributed by atoms with E-state index < -0.39 is 17.4 Å². The van der Waals surface area contributed by atoms with Gasteiger partial charge in [-0.1, -0.05) is 6.07 Å². The van der Waals surface area contributed by atoms with Crippen molar-refractivity contribution in [2.75, 3.05) is 31.4 Å². The van der Waals surface area contributed by atoms with Crippen LogP contribution in [-0.4, -0.2) is 59.1 Å². The van der Waals surface area contributed by atoms with Crippen LogP contribution in [0.2, 0.25) is 0 Å². The van der Waals surface area contributed by atoms with Gasteiger partial charge in [0.1, 0.15) is 6.04 Å². The first kappa shape index (κ1) is 21.1. The Hall–Kier alpha value is -3.14. The fourth-order valence-corrected chi connectivity index (χ4v) is 5.08. The lowest BCUT2D eigenvalue weighted by atomic mass is 9.75. The third-order valence-corrected chi connectivity index (χ3v) is 6.86. The molecule has 0 aliphatic carbocycles. The van der Waals surface area contributed by atoms with Gasteiger partial charge in [-0.2, -0.15) is 10.5 Å². The van der Waals surface area contributed by atoms with Crippen molar-refractivity contribution >= 4 is 34.5 Å². The summed E-state index contributed by atoms with van der Waals surface area (Å²) in [5.74, 6) is 0.361. The zero-order chi connectivity index (χ0) is 21.8. The van der Waals surface area contributed by atoms with Crippen LogP contribution in [0, 0.1) is 22.7 Å². The van der Waals surface area contributed by atoms with Crippen molar-refractivity contribution < 1.29 is 14.3 Å². The molecular formula is C22H21N5O3S. The molecule has 2 saturated heterocycles. The normalized spacial score (nSPS) is 20.1. The molecule has 1 aromatic heterocycles. The molecule has 0 spiro atoms. The molecule has 1 N–H and O–H groups in total. The number of aromatic nitrogens is 1. The number of nitrogens with zero attached hydrogens (tertiary/aromatic N) is 4. The SMILES string of the molecule is N#C[C@@H]1CSCN1C(=O)CNC(=O)c1ccnc2ccc(C3(C#N)CCOCC3)cc12. The predicted octanol–water partition coefficient (Wildman–Crippen LogP) is 1.96. The number of ether oxygens (including phenoxy) is 1. The Morgan fingerprint density at radius 2 is 2.10 bits per heavy atom. The maximum atomic E-state index is 12.9. The molecule has 0 unspecified atom stereocenters. The van der Waals surface area contributed by atoms with Crippen molar-refractivity contribution in [1.29, 1.82) is 10.5 Å².